The molecule has 0 amide bonds. The molecule has 2 aromatic rings. The minimum atomic E-state index is 0.624. The van der Waals surface area contributed by atoms with Gasteiger partial charge in [0.1, 0.15) is 0 Å². The quantitative estimate of drug-likeness (QED) is 0.797. The van der Waals surface area contributed by atoms with E-state index in [0.29, 0.717) is 12.1 Å². The van der Waals surface area contributed by atoms with Crippen molar-refractivity contribution in [3.8, 4) is 0 Å². The molecule has 3 rings (SSSR count). The number of piperazine rings is 1. The second-order valence-electron chi connectivity index (χ2n) is 7.15. The summed E-state index contributed by atoms with van der Waals surface area (Å²) in [7, 11) is 0. The maximum absolute atomic E-state index is 2.65. The van der Waals surface area contributed by atoms with Crippen LogP contribution in [0.25, 0.3) is 0 Å². The maximum atomic E-state index is 2.65. The first kappa shape index (κ1) is 17.2. The van der Waals surface area contributed by atoms with Crippen molar-refractivity contribution in [3.05, 3.63) is 71.8 Å². The Kier molecular flexibility index (Phi) is 6.06. The monoisotopic (exact) mass is 322 g/mol. The molecule has 2 atom stereocenters. The molecule has 0 aromatic heterocycles. The molecule has 0 aliphatic carbocycles. The Balaban J connectivity index is 1.46. The summed E-state index contributed by atoms with van der Waals surface area (Å²) in [5.74, 6) is 0. The van der Waals surface area contributed by atoms with Crippen molar-refractivity contribution in [2.75, 3.05) is 26.2 Å². The lowest BCUT2D eigenvalue weighted by atomic mass is 10.0. The molecule has 1 aliphatic heterocycles. The summed E-state index contributed by atoms with van der Waals surface area (Å²) in [5.41, 5.74) is 2.90. The average Bonchev–Trinajstić information content (AvgIpc) is 2.63. The van der Waals surface area contributed by atoms with Gasteiger partial charge in [0.25, 0.3) is 0 Å². The Labute approximate surface area is 147 Å². The molecule has 0 N–H and O–H groups in total. The lowest BCUT2D eigenvalue weighted by Gasteiger charge is -2.40. The second-order valence-corrected chi connectivity index (χ2v) is 7.15. The van der Waals surface area contributed by atoms with Crippen LogP contribution in [0.4, 0.5) is 0 Å². The van der Waals surface area contributed by atoms with Gasteiger partial charge in [-0.05, 0) is 37.8 Å². The van der Waals surface area contributed by atoms with Gasteiger partial charge in [-0.2, -0.15) is 0 Å². The highest BCUT2D eigenvalue weighted by Crippen LogP contribution is 2.15. The second kappa shape index (κ2) is 8.46. The lowest BCUT2D eigenvalue weighted by Crippen LogP contribution is -2.52. The van der Waals surface area contributed by atoms with E-state index in [2.05, 4.69) is 84.3 Å². The van der Waals surface area contributed by atoms with E-state index in [0.717, 1.165) is 12.8 Å². The fourth-order valence-corrected chi connectivity index (χ4v) is 3.79. The van der Waals surface area contributed by atoms with Crippen LogP contribution in [0, 0.1) is 0 Å². The van der Waals surface area contributed by atoms with Gasteiger partial charge < -0.3 is 0 Å². The molecule has 0 saturated carbocycles. The van der Waals surface area contributed by atoms with E-state index in [1.807, 2.05) is 0 Å². The van der Waals surface area contributed by atoms with Crippen molar-refractivity contribution < 1.29 is 0 Å². The van der Waals surface area contributed by atoms with Crippen LogP contribution in [0.15, 0.2) is 60.7 Å². The highest BCUT2D eigenvalue weighted by molar-refractivity contribution is 5.16. The summed E-state index contributed by atoms with van der Waals surface area (Å²) in [4.78, 5) is 5.30. The zero-order valence-electron chi connectivity index (χ0n) is 15.1. The van der Waals surface area contributed by atoms with Crippen LogP contribution in [-0.4, -0.2) is 48.1 Å². The number of rotatable bonds is 6. The smallest absolute Gasteiger partial charge is 0.0113 e. The van der Waals surface area contributed by atoms with E-state index >= 15 is 0 Å². The maximum Gasteiger partial charge on any atom is 0.0113 e. The van der Waals surface area contributed by atoms with Crippen LogP contribution in [0.1, 0.15) is 25.0 Å². The minimum Gasteiger partial charge on any atom is -0.298 e. The molecular weight excluding hydrogens is 292 g/mol. The first-order valence-electron chi connectivity index (χ1n) is 9.28. The topological polar surface area (TPSA) is 6.48 Å². The fraction of sp³-hybridized carbons (Fsp3) is 0.455. The fourth-order valence-electron chi connectivity index (χ4n) is 3.79. The molecule has 1 heterocycles. The van der Waals surface area contributed by atoms with Gasteiger partial charge in [-0.1, -0.05) is 60.7 Å². The number of hydrogen-bond donors (Lipinski definition) is 0. The Morgan fingerprint density at radius 1 is 0.625 bits per heavy atom. The molecule has 2 nitrogen and oxygen atoms in total. The van der Waals surface area contributed by atoms with Gasteiger partial charge in [0.05, 0.1) is 0 Å². The van der Waals surface area contributed by atoms with Crippen LogP contribution in [-0.2, 0) is 12.8 Å². The van der Waals surface area contributed by atoms with Gasteiger partial charge >= 0.3 is 0 Å². The highest BCUT2D eigenvalue weighted by atomic mass is 15.3. The van der Waals surface area contributed by atoms with Crippen molar-refractivity contribution in [1.82, 2.24) is 9.80 Å². The number of hydrogen-bond acceptors (Lipinski definition) is 2. The first-order chi connectivity index (χ1) is 11.7. The van der Waals surface area contributed by atoms with Crippen LogP contribution in [0.3, 0.4) is 0 Å². The van der Waals surface area contributed by atoms with Crippen LogP contribution in [0.2, 0.25) is 0 Å². The molecule has 1 fully saturated rings. The molecule has 2 aromatic carbocycles. The Bertz CT molecular complexity index is 532. The van der Waals surface area contributed by atoms with Crippen molar-refractivity contribution in [2.24, 2.45) is 0 Å². The molecule has 24 heavy (non-hydrogen) atoms. The van der Waals surface area contributed by atoms with Crippen LogP contribution >= 0.6 is 0 Å². The summed E-state index contributed by atoms with van der Waals surface area (Å²) in [6.45, 7) is 9.49. The van der Waals surface area contributed by atoms with Gasteiger partial charge in [-0.25, -0.2) is 0 Å². The summed E-state index contributed by atoms with van der Waals surface area (Å²) >= 11 is 0. The van der Waals surface area contributed by atoms with Gasteiger partial charge in [-0.15, -0.1) is 0 Å². The molecule has 1 saturated heterocycles. The SMILES string of the molecule is CC(Cc1ccccc1)N1CCN(C(C)Cc2ccccc2)CC1. The molecule has 2 unspecified atom stereocenters. The number of nitrogens with zero attached hydrogens (tertiary/aromatic N) is 2. The molecule has 0 radical (unpaired) electrons. The largest absolute Gasteiger partial charge is 0.298 e. The lowest BCUT2D eigenvalue weighted by molar-refractivity contribution is 0.0785. The zero-order chi connectivity index (χ0) is 16.8. The van der Waals surface area contributed by atoms with Gasteiger partial charge in [0, 0.05) is 38.3 Å². The molecule has 1 aliphatic rings. The Hall–Kier alpha value is -1.64. The Morgan fingerprint density at radius 3 is 1.29 bits per heavy atom. The van der Waals surface area contributed by atoms with Crippen molar-refractivity contribution >= 4 is 0 Å². The third kappa shape index (κ3) is 4.68. The van der Waals surface area contributed by atoms with Crippen LogP contribution < -0.4 is 0 Å². The highest BCUT2D eigenvalue weighted by Gasteiger charge is 2.24. The van der Waals surface area contributed by atoms with Crippen molar-refractivity contribution in [2.45, 2.75) is 38.8 Å². The third-order valence-corrected chi connectivity index (χ3v) is 5.34. The standard InChI is InChI=1S/C22H30N2/c1-19(17-21-9-5-3-6-10-21)23-13-15-24(16-14-23)20(2)18-22-11-7-4-8-12-22/h3-12,19-20H,13-18H2,1-2H3. The normalized spacial score (nSPS) is 19.1. The predicted octanol–water partition coefficient (Wildman–Crippen LogP) is 3.87. The zero-order valence-corrected chi connectivity index (χ0v) is 15.1. The van der Waals surface area contributed by atoms with E-state index < -0.39 is 0 Å². The Morgan fingerprint density at radius 2 is 0.958 bits per heavy atom. The summed E-state index contributed by atoms with van der Waals surface area (Å²) < 4.78 is 0. The number of benzene rings is 2. The van der Waals surface area contributed by atoms with Gasteiger partial charge in [0.2, 0.25) is 0 Å². The summed E-state index contributed by atoms with van der Waals surface area (Å²) in [6.07, 6.45) is 2.31. The minimum absolute atomic E-state index is 0.624. The van der Waals surface area contributed by atoms with Gasteiger partial charge in [-0.3, -0.25) is 9.80 Å². The van der Waals surface area contributed by atoms with Crippen LogP contribution in [0.5, 0.6) is 0 Å². The predicted molar refractivity (Wildman–Crippen MR) is 102 cm³/mol. The first-order valence-corrected chi connectivity index (χ1v) is 9.28. The molecule has 0 bridgehead atoms. The van der Waals surface area contributed by atoms with Crippen molar-refractivity contribution in [1.29, 1.82) is 0 Å². The van der Waals surface area contributed by atoms with E-state index in [1.54, 1.807) is 0 Å². The molecule has 2 heteroatoms. The average molecular weight is 322 g/mol. The van der Waals surface area contributed by atoms with Crippen molar-refractivity contribution in [3.63, 3.8) is 0 Å². The summed E-state index contributed by atoms with van der Waals surface area (Å²) in [6, 6.07) is 23.0. The molecular formula is C22H30N2. The van der Waals surface area contributed by atoms with E-state index in [1.165, 1.54) is 37.3 Å². The van der Waals surface area contributed by atoms with E-state index in [9.17, 15) is 0 Å². The van der Waals surface area contributed by atoms with E-state index in [-0.39, 0.29) is 0 Å². The molecule has 0 spiro atoms. The third-order valence-electron chi connectivity index (χ3n) is 5.34. The van der Waals surface area contributed by atoms with E-state index in [4.69, 9.17) is 0 Å². The summed E-state index contributed by atoms with van der Waals surface area (Å²) in [5, 5.41) is 0. The molecule has 128 valence electrons. The van der Waals surface area contributed by atoms with Gasteiger partial charge in [0.15, 0.2) is 0 Å².